The van der Waals surface area contributed by atoms with Gasteiger partial charge in [0.1, 0.15) is 5.82 Å². The maximum absolute atomic E-state index is 12.8. The van der Waals surface area contributed by atoms with Crippen LogP contribution in [0, 0.1) is 12.7 Å². The van der Waals surface area contributed by atoms with E-state index in [0.29, 0.717) is 16.3 Å². The molecule has 0 bridgehead atoms. The van der Waals surface area contributed by atoms with Gasteiger partial charge in [0.15, 0.2) is 6.61 Å². The highest BCUT2D eigenvalue weighted by Gasteiger charge is 2.10. The van der Waals surface area contributed by atoms with Crippen LogP contribution in [0.25, 0.3) is 0 Å². The summed E-state index contributed by atoms with van der Waals surface area (Å²) in [7, 11) is 0. The normalized spacial score (nSPS) is 10.2. The van der Waals surface area contributed by atoms with Crippen LogP contribution >= 0.6 is 11.6 Å². The van der Waals surface area contributed by atoms with Crippen molar-refractivity contribution in [2.45, 2.75) is 13.3 Å². The summed E-state index contributed by atoms with van der Waals surface area (Å²) in [5.41, 5.74) is 2.03. The zero-order valence-corrected chi connectivity index (χ0v) is 13.2. The Hall–Kier alpha value is -2.40. The molecule has 1 N–H and O–H groups in total. The molecule has 0 radical (unpaired) electrons. The van der Waals surface area contributed by atoms with Crippen molar-refractivity contribution in [3.63, 3.8) is 0 Å². The van der Waals surface area contributed by atoms with Gasteiger partial charge in [-0.1, -0.05) is 29.8 Å². The van der Waals surface area contributed by atoms with Gasteiger partial charge in [-0.3, -0.25) is 9.59 Å². The molecule has 0 heterocycles. The third-order valence-corrected chi connectivity index (χ3v) is 3.33. The van der Waals surface area contributed by atoms with E-state index in [1.165, 1.54) is 24.3 Å². The van der Waals surface area contributed by atoms with Crippen molar-refractivity contribution >= 4 is 29.2 Å². The molecule has 0 aliphatic heterocycles. The van der Waals surface area contributed by atoms with Crippen molar-refractivity contribution in [2.75, 3.05) is 11.9 Å². The predicted octanol–water partition coefficient (Wildman–Crippen LogP) is 3.51. The number of ether oxygens (including phenoxy) is 1. The van der Waals surface area contributed by atoms with Crippen molar-refractivity contribution < 1.29 is 18.7 Å². The third kappa shape index (κ3) is 5.38. The smallest absolute Gasteiger partial charge is 0.310 e. The largest absolute Gasteiger partial charge is 0.455 e. The van der Waals surface area contributed by atoms with E-state index in [0.717, 1.165) is 5.56 Å². The van der Waals surface area contributed by atoms with E-state index in [1.54, 1.807) is 18.2 Å². The SMILES string of the molecule is Cc1ccc(Cl)cc1NC(=O)COC(=O)Cc1ccc(F)cc1. The quantitative estimate of drug-likeness (QED) is 0.851. The zero-order chi connectivity index (χ0) is 16.8. The summed E-state index contributed by atoms with van der Waals surface area (Å²) in [5, 5.41) is 3.13. The number of hydrogen-bond acceptors (Lipinski definition) is 3. The Labute approximate surface area is 138 Å². The Kier molecular flexibility index (Phi) is 5.71. The van der Waals surface area contributed by atoms with Crippen molar-refractivity contribution in [3.8, 4) is 0 Å². The highest BCUT2D eigenvalue weighted by atomic mass is 35.5. The lowest BCUT2D eigenvalue weighted by atomic mass is 10.1. The van der Waals surface area contributed by atoms with Gasteiger partial charge >= 0.3 is 5.97 Å². The second-order valence-corrected chi connectivity index (χ2v) is 5.41. The van der Waals surface area contributed by atoms with Crippen LogP contribution in [0.3, 0.4) is 0 Å². The Morgan fingerprint density at radius 2 is 1.87 bits per heavy atom. The Morgan fingerprint density at radius 3 is 2.57 bits per heavy atom. The van der Waals surface area contributed by atoms with Crippen LogP contribution in [0.1, 0.15) is 11.1 Å². The van der Waals surface area contributed by atoms with Crippen LogP contribution < -0.4 is 5.32 Å². The van der Waals surface area contributed by atoms with Crippen molar-refractivity contribution in [3.05, 3.63) is 64.4 Å². The molecule has 2 aromatic carbocycles. The van der Waals surface area contributed by atoms with E-state index in [2.05, 4.69) is 5.32 Å². The number of esters is 1. The third-order valence-electron chi connectivity index (χ3n) is 3.10. The van der Waals surface area contributed by atoms with Gasteiger partial charge < -0.3 is 10.1 Å². The lowest BCUT2D eigenvalue weighted by Gasteiger charge is -2.09. The molecule has 2 aromatic rings. The number of carbonyl (C=O) groups is 2. The van der Waals surface area contributed by atoms with Crippen LogP contribution in [0.4, 0.5) is 10.1 Å². The van der Waals surface area contributed by atoms with Crippen LogP contribution in [-0.2, 0) is 20.7 Å². The molecule has 0 atom stereocenters. The molecule has 0 spiro atoms. The molecule has 2 rings (SSSR count). The number of anilines is 1. The van der Waals surface area contributed by atoms with Gasteiger partial charge in [-0.25, -0.2) is 4.39 Å². The molecule has 0 fully saturated rings. The summed E-state index contributed by atoms with van der Waals surface area (Å²) < 4.78 is 17.7. The van der Waals surface area contributed by atoms with Gasteiger partial charge in [0, 0.05) is 10.7 Å². The van der Waals surface area contributed by atoms with Crippen LogP contribution in [0.2, 0.25) is 5.02 Å². The first-order chi connectivity index (χ1) is 10.9. The van der Waals surface area contributed by atoms with E-state index < -0.39 is 18.5 Å². The molecule has 0 aliphatic rings. The van der Waals surface area contributed by atoms with Crippen LogP contribution in [0.5, 0.6) is 0 Å². The van der Waals surface area contributed by atoms with Crippen molar-refractivity contribution in [1.29, 1.82) is 0 Å². The molecule has 6 heteroatoms. The number of halogens is 2. The topological polar surface area (TPSA) is 55.4 Å². The Bertz CT molecular complexity index is 716. The zero-order valence-electron chi connectivity index (χ0n) is 12.4. The average molecular weight is 336 g/mol. The number of rotatable bonds is 5. The molecular formula is C17H15ClFNO3. The fourth-order valence-corrected chi connectivity index (χ4v) is 2.05. The molecule has 0 saturated heterocycles. The van der Waals surface area contributed by atoms with Gasteiger partial charge in [-0.15, -0.1) is 0 Å². The van der Waals surface area contributed by atoms with Gasteiger partial charge in [0.05, 0.1) is 6.42 Å². The number of aryl methyl sites for hydroxylation is 1. The minimum atomic E-state index is -0.561. The number of benzene rings is 2. The van der Waals surface area contributed by atoms with E-state index in [4.69, 9.17) is 16.3 Å². The number of nitrogens with one attached hydrogen (secondary N) is 1. The maximum Gasteiger partial charge on any atom is 0.310 e. The van der Waals surface area contributed by atoms with Crippen LogP contribution in [0.15, 0.2) is 42.5 Å². The molecule has 120 valence electrons. The summed E-state index contributed by atoms with van der Waals surface area (Å²) in [5.74, 6) is -1.39. The first-order valence-electron chi connectivity index (χ1n) is 6.90. The van der Waals surface area contributed by atoms with Gasteiger partial charge in [0.25, 0.3) is 5.91 Å². The first kappa shape index (κ1) is 17.0. The molecule has 1 amide bonds. The van der Waals surface area contributed by atoms with E-state index in [-0.39, 0.29) is 12.2 Å². The minimum Gasteiger partial charge on any atom is -0.455 e. The predicted molar refractivity (Wildman–Crippen MR) is 85.9 cm³/mol. The molecule has 0 aliphatic carbocycles. The molecular weight excluding hydrogens is 321 g/mol. The fourth-order valence-electron chi connectivity index (χ4n) is 1.88. The molecule has 0 aromatic heterocycles. The van der Waals surface area contributed by atoms with Gasteiger partial charge in [-0.05, 0) is 42.3 Å². The summed E-state index contributed by atoms with van der Waals surface area (Å²) >= 11 is 5.87. The highest BCUT2D eigenvalue weighted by molar-refractivity contribution is 6.31. The van der Waals surface area contributed by atoms with Crippen molar-refractivity contribution in [1.82, 2.24) is 0 Å². The van der Waals surface area contributed by atoms with Gasteiger partial charge in [-0.2, -0.15) is 0 Å². The summed E-state index contributed by atoms with van der Waals surface area (Å²) in [6, 6.07) is 10.6. The lowest BCUT2D eigenvalue weighted by Crippen LogP contribution is -2.22. The highest BCUT2D eigenvalue weighted by Crippen LogP contribution is 2.20. The first-order valence-corrected chi connectivity index (χ1v) is 7.28. The minimum absolute atomic E-state index is 0.0241. The molecule has 0 saturated carbocycles. The Morgan fingerprint density at radius 1 is 1.17 bits per heavy atom. The average Bonchev–Trinajstić information content (AvgIpc) is 2.51. The number of carbonyl (C=O) groups excluding carboxylic acids is 2. The lowest BCUT2D eigenvalue weighted by molar-refractivity contribution is -0.146. The second-order valence-electron chi connectivity index (χ2n) is 4.97. The number of hydrogen-bond donors (Lipinski definition) is 1. The molecule has 23 heavy (non-hydrogen) atoms. The summed E-state index contributed by atoms with van der Waals surface area (Å²) in [4.78, 5) is 23.5. The monoisotopic (exact) mass is 335 g/mol. The maximum atomic E-state index is 12.8. The Balaban J connectivity index is 1.83. The molecule has 0 unspecified atom stereocenters. The van der Waals surface area contributed by atoms with Gasteiger partial charge in [0.2, 0.25) is 0 Å². The molecule has 4 nitrogen and oxygen atoms in total. The van der Waals surface area contributed by atoms with E-state index in [1.807, 2.05) is 6.92 Å². The fraction of sp³-hybridized carbons (Fsp3) is 0.176. The number of amides is 1. The summed E-state index contributed by atoms with van der Waals surface area (Å²) in [6.45, 7) is 1.43. The van der Waals surface area contributed by atoms with E-state index in [9.17, 15) is 14.0 Å². The van der Waals surface area contributed by atoms with Crippen molar-refractivity contribution in [2.24, 2.45) is 0 Å². The summed E-state index contributed by atoms with van der Waals surface area (Å²) in [6.07, 6.45) is -0.0241. The van der Waals surface area contributed by atoms with E-state index >= 15 is 0 Å². The second kappa shape index (κ2) is 7.74. The standard InChI is InChI=1S/C17H15ClFNO3/c1-11-2-5-13(18)9-15(11)20-16(21)10-23-17(22)8-12-3-6-14(19)7-4-12/h2-7,9H,8,10H2,1H3,(H,20,21). The van der Waals surface area contributed by atoms with Crippen LogP contribution in [-0.4, -0.2) is 18.5 Å².